The fourth-order valence-electron chi connectivity index (χ4n) is 2.23. The van der Waals surface area contributed by atoms with Crippen LogP contribution >= 0.6 is 11.3 Å². The number of benzene rings is 1. The maximum Gasteiger partial charge on any atom is 0.272 e. The lowest BCUT2D eigenvalue weighted by molar-refractivity contribution is -0.385. The van der Waals surface area contributed by atoms with E-state index in [0.29, 0.717) is 12.1 Å². The molecule has 0 bridgehead atoms. The Kier molecular flexibility index (Phi) is 4.75. The van der Waals surface area contributed by atoms with E-state index in [-0.39, 0.29) is 16.0 Å². The molecule has 21 heavy (non-hydrogen) atoms. The topological polar surface area (TPSA) is 55.2 Å². The molecule has 2 rings (SSSR count). The van der Waals surface area contributed by atoms with Gasteiger partial charge in [-0.15, -0.1) is 11.3 Å². The molecule has 0 saturated heterocycles. The van der Waals surface area contributed by atoms with Crippen molar-refractivity contribution in [3.8, 4) is 0 Å². The zero-order chi connectivity index (χ0) is 15.5. The lowest BCUT2D eigenvalue weighted by atomic mass is 9.91. The quantitative estimate of drug-likeness (QED) is 0.647. The number of hydrogen-bond donors (Lipinski definition) is 1. The maximum absolute atomic E-state index is 10.9. The largest absolute Gasteiger partial charge is 0.312 e. The summed E-state index contributed by atoms with van der Waals surface area (Å²) in [5.41, 5.74) is 1.88. The van der Waals surface area contributed by atoms with E-state index >= 15 is 0 Å². The number of thiophene rings is 1. The van der Waals surface area contributed by atoms with Gasteiger partial charge in [-0.05, 0) is 23.9 Å². The van der Waals surface area contributed by atoms with Crippen LogP contribution in [0.4, 0.5) is 5.69 Å². The van der Waals surface area contributed by atoms with Crippen LogP contribution in [0.2, 0.25) is 0 Å². The first-order chi connectivity index (χ1) is 9.90. The summed E-state index contributed by atoms with van der Waals surface area (Å²) in [5, 5.41) is 16.4. The van der Waals surface area contributed by atoms with E-state index in [1.54, 1.807) is 30.4 Å². The first-order valence-corrected chi connectivity index (χ1v) is 7.77. The summed E-state index contributed by atoms with van der Waals surface area (Å²) in [6, 6.07) is 9.60. The van der Waals surface area contributed by atoms with Crippen molar-refractivity contribution in [3.63, 3.8) is 0 Å². The molecule has 112 valence electrons. The molecule has 2 aromatic rings. The smallest absolute Gasteiger partial charge is 0.272 e. The van der Waals surface area contributed by atoms with Crippen LogP contribution in [0, 0.1) is 17.0 Å². The summed E-state index contributed by atoms with van der Waals surface area (Å²) in [5.74, 6) is 0. The van der Waals surface area contributed by atoms with Gasteiger partial charge in [0, 0.05) is 35.0 Å². The number of nitrogens with zero attached hydrogens (tertiary/aromatic N) is 1. The van der Waals surface area contributed by atoms with Gasteiger partial charge in [0.2, 0.25) is 0 Å². The van der Waals surface area contributed by atoms with Crippen LogP contribution in [0.5, 0.6) is 0 Å². The first-order valence-electron chi connectivity index (χ1n) is 6.89. The number of nitro benzene ring substituents is 1. The van der Waals surface area contributed by atoms with Crippen molar-refractivity contribution in [2.45, 2.75) is 32.7 Å². The lowest BCUT2D eigenvalue weighted by Crippen LogP contribution is -2.31. The summed E-state index contributed by atoms with van der Waals surface area (Å²) < 4.78 is 0. The van der Waals surface area contributed by atoms with Crippen LogP contribution in [0.1, 0.15) is 29.9 Å². The van der Waals surface area contributed by atoms with E-state index in [2.05, 4.69) is 36.7 Å². The van der Waals surface area contributed by atoms with Crippen molar-refractivity contribution in [2.75, 3.05) is 6.54 Å². The van der Waals surface area contributed by atoms with Gasteiger partial charge in [0.1, 0.15) is 0 Å². The second kappa shape index (κ2) is 6.37. The molecule has 0 unspecified atom stereocenters. The minimum atomic E-state index is -0.325. The third-order valence-corrected chi connectivity index (χ3v) is 4.79. The SMILES string of the molecule is Cc1ccc(CNCC(C)(C)c2cccs2)cc1[N+](=O)[O-]. The number of hydrogen-bond acceptors (Lipinski definition) is 4. The minimum Gasteiger partial charge on any atom is -0.312 e. The summed E-state index contributed by atoms with van der Waals surface area (Å²) in [7, 11) is 0. The standard InChI is InChI=1S/C16H20N2O2S/c1-12-6-7-13(9-14(12)18(19)20)10-17-11-16(2,3)15-5-4-8-21-15/h4-9,17H,10-11H2,1-3H3. The molecule has 1 aromatic carbocycles. The average molecular weight is 304 g/mol. The number of aryl methyl sites for hydroxylation is 1. The third kappa shape index (κ3) is 3.89. The van der Waals surface area contributed by atoms with E-state index in [1.807, 2.05) is 6.07 Å². The Morgan fingerprint density at radius 1 is 1.33 bits per heavy atom. The Bertz CT molecular complexity index is 621. The van der Waals surface area contributed by atoms with Crippen molar-refractivity contribution >= 4 is 17.0 Å². The predicted molar refractivity (Wildman–Crippen MR) is 86.9 cm³/mol. The van der Waals surface area contributed by atoms with Gasteiger partial charge in [0.15, 0.2) is 0 Å². The number of nitrogens with one attached hydrogen (secondary N) is 1. The maximum atomic E-state index is 10.9. The van der Waals surface area contributed by atoms with Gasteiger partial charge >= 0.3 is 0 Å². The zero-order valence-corrected chi connectivity index (χ0v) is 13.4. The highest BCUT2D eigenvalue weighted by Gasteiger charge is 2.21. The summed E-state index contributed by atoms with van der Waals surface area (Å²) in [6.45, 7) is 7.62. The molecule has 0 radical (unpaired) electrons. The number of rotatable bonds is 6. The Labute approximate surface area is 129 Å². The molecule has 1 N–H and O–H groups in total. The second-order valence-corrected chi connectivity index (χ2v) is 6.79. The van der Waals surface area contributed by atoms with Crippen LogP contribution in [0.15, 0.2) is 35.7 Å². The van der Waals surface area contributed by atoms with Crippen LogP contribution in [0.3, 0.4) is 0 Å². The molecular formula is C16H20N2O2S. The van der Waals surface area contributed by atoms with E-state index in [1.165, 1.54) is 4.88 Å². The first kappa shape index (κ1) is 15.7. The van der Waals surface area contributed by atoms with Crippen LogP contribution in [-0.2, 0) is 12.0 Å². The van der Waals surface area contributed by atoms with Crippen molar-refractivity contribution in [1.82, 2.24) is 5.32 Å². The van der Waals surface area contributed by atoms with Gasteiger partial charge in [-0.25, -0.2) is 0 Å². The molecule has 4 nitrogen and oxygen atoms in total. The van der Waals surface area contributed by atoms with Crippen LogP contribution in [0.25, 0.3) is 0 Å². The highest BCUT2D eigenvalue weighted by molar-refractivity contribution is 7.10. The normalized spacial score (nSPS) is 11.6. The summed E-state index contributed by atoms with van der Waals surface area (Å²) >= 11 is 1.76. The van der Waals surface area contributed by atoms with Crippen LogP contribution in [-0.4, -0.2) is 11.5 Å². The molecule has 0 aliphatic carbocycles. The monoisotopic (exact) mass is 304 g/mol. The van der Waals surface area contributed by atoms with Gasteiger partial charge in [-0.2, -0.15) is 0 Å². The Morgan fingerprint density at radius 3 is 2.71 bits per heavy atom. The van der Waals surface area contributed by atoms with Crippen molar-refractivity contribution in [1.29, 1.82) is 0 Å². The van der Waals surface area contributed by atoms with Crippen molar-refractivity contribution < 1.29 is 4.92 Å². The lowest BCUT2D eigenvalue weighted by Gasteiger charge is -2.23. The highest BCUT2D eigenvalue weighted by atomic mass is 32.1. The Hall–Kier alpha value is -1.72. The average Bonchev–Trinajstić information content (AvgIpc) is 2.95. The van der Waals surface area contributed by atoms with Gasteiger partial charge in [-0.1, -0.05) is 32.0 Å². The van der Waals surface area contributed by atoms with E-state index in [0.717, 1.165) is 12.1 Å². The summed E-state index contributed by atoms with van der Waals surface area (Å²) in [6.07, 6.45) is 0. The molecule has 0 fully saturated rings. The molecule has 0 amide bonds. The fraction of sp³-hybridized carbons (Fsp3) is 0.375. The van der Waals surface area contributed by atoms with E-state index < -0.39 is 0 Å². The Balaban J connectivity index is 1.98. The van der Waals surface area contributed by atoms with Crippen molar-refractivity contribution in [2.24, 2.45) is 0 Å². The number of nitro groups is 1. The molecule has 0 atom stereocenters. The van der Waals surface area contributed by atoms with E-state index in [4.69, 9.17) is 0 Å². The molecule has 5 heteroatoms. The van der Waals surface area contributed by atoms with Gasteiger partial charge in [-0.3, -0.25) is 10.1 Å². The molecule has 0 saturated carbocycles. The van der Waals surface area contributed by atoms with Crippen molar-refractivity contribution in [3.05, 3.63) is 61.8 Å². The van der Waals surface area contributed by atoms with Gasteiger partial charge in [0.25, 0.3) is 5.69 Å². The molecule has 1 heterocycles. The second-order valence-electron chi connectivity index (χ2n) is 5.84. The van der Waals surface area contributed by atoms with Gasteiger partial charge < -0.3 is 5.32 Å². The summed E-state index contributed by atoms with van der Waals surface area (Å²) in [4.78, 5) is 12.0. The van der Waals surface area contributed by atoms with Crippen LogP contribution < -0.4 is 5.32 Å². The molecular weight excluding hydrogens is 284 g/mol. The molecule has 1 aromatic heterocycles. The molecule has 0 spiro atoms. The minimum absolute atomic E-state index is 0.0603. The fourth-order valence-corrected chi connectivity index (χ4v) is 3.08. The molecule has 0 aliphatic rings. The molecule has 0 aliphatic heterocycles. The highest BCUT2D eigenvalue weighted by Crippen LogP contribution is 2.26. The Morgan fingerprint density at radius 2 is 2.10 bits per heavy atom. The van der Waals surface area contributed by atoms with Gasteiger partial charge in [0.05, 0.1) is 4.92 Å². The van der Waals surface area contributed by atoms with E-state index in [9.17, 15) is 10.1 Å². The predicted octanol–water partition coefficient (Wildman–Crippen LogP) is 4.03. The zero-order valence-electron chi connectivity index (χ0n) is 12.6. The third-order valence-electron chi connectivity index (χ3n) is 3.55.